The Morgan fingerprint density at radius 2 is 2.00 bits per heavy atom. The second-order valence-corrected chi connectivity index (χ2v) is 4.51. The molecule has 3 nitrogen and oxygen atoms in total. The molecule has 84 valence electrons. The minimum absolute atomic E-state index is 0.281. The third kappa shape index (κ3) is 3.95. The smallest absolute Gasteiger partial charge is 0.0558 e. The SMILES string of the molecule is CC(C)N(CCO)CC1CCNCC1. The Kier molecular flexibility index (Phi) is 5.45. The van der Waals surface area contributed by atoms with Gasteiger partial charge in [-0.1, -0.05) is 0 Å². The van der Waals surface area contributed by atoms with Crippen molar-refractivity contribution in [3.05, 3.63) is 0 Å². The van der Waals surface area contributed by atoms with Crippen LogP contribution in [0, 0.1) is 5.92 Å². The zero-order valence-electron chi connectivity index (χ0n) is 9.50. The van der Waals surface area contributed by atoms with E-state index >= 15 is 0 Å². The van der Waals surface area contributed by atoms with Crippen molar-refractivity contribution in [3.63, 3.8) is 0 Å². The summed E-state index contributed by atoms with van der Waals surface area (Å²) in [4.78, 5) is 2.38. The van der Waals surface area contributed by atoms with Crippen LogP contribution in [0.15, 0.2) is 0 Å². The van der Waals surface area contributed by atoms with Crippen LogP contribution in [0.4, 0.5) is 0 Å². The summed E-state index contributed by atoms with van der Waals surface area (Å²) in [6.07, 6.45) is 2.57. The molecule has 14 heavy (non-hydrogen) atoms. The summed E-state index contributed by atoms with van der Waals surface area (Å²) >= 11 is 0. The molecule has 0 aromatic heterocycles. The zero-order valence-corrected chi connectivity index (χ0v) is 9.50. The van der Waals surface area contributed by atoms with Crippen molar-refractivity contribution in [1.82, 2.24) is 10.2 Å². The Labute approximate surface area is 87.5 Å². The maximum absolute atomic E-state index is 8.96. The minimum Gasteiger partial charge on any atom is -0.395 e. The third-order valence-corrected chi connectivity index (χ3v) is 3.07. The molecular weight excluding hydrogens is 176 g/mol. The lowest BCUT2D eigenvalue weighted by Gasteiger charge is -2.32. The highest BCUT2D eigenvalue weighted by Crippen LogP contribution is 2.14. The molecule has 1 aliphatic rings. The maximum Gasteiger partial charge on any atom is 0.0558 e. The molecule has 0 bridgehead atoms. The molecular formula is C11H24N2O. The van der Waals surface area contributed by atoms with Gasteiger partial charge in [-0.05, 0) is 45.7 Å². The normalized spacial score (nSPS) is 19.5. The number of nitrogens with zero attached hydrogens (tertiary/aromatic N) is 1. The first-order chi connectivity index (χ1) is 6.74. The van der Waals surface area contributed by atoms with Crippen LogP contribution < -0.4 is 5.32 Å². The molecule has 0 atom stereocenters. The molecule has 0 unspecified atom stereocenters. The largest absolute Gasteiger partial charge is 0.395 e. The fraction of sp³-hybridized carbons (Fsp3) is 1.00. The highest BCUT2D eigenvalue weighted by molar-refractivity contribution is 4.74. The lowest BCUT2D eigenvalue weighted by Crippen LogP contribution is -2.40. The summed E-state index contributed by atoms with van der Waals surface area (Å²) in [5.41, 5.74) is 0. The minimum atomic E-state index is 0.281. The number of nitrogens with one attached hydrogen (secondary N) is 1. The summed E-state index contributed by atoms with van der Waals surface area (Å²) in [7, 11) is 0. The van der Waals surface area contributed by atoms with Gasteiger partial charge in [0.15, 0.2) is 0 Å². The first-order valence-corrected chi connectivity index (χ1v) is 5.79. The van der Waals surface area contributed by atoms with Crippen molar-refractivity contribution in [3.8, 4) is 0 Å². The van der Waals surface area contributed by atoms with E-state index in [0.29, 0.717) is 6.04 Å². The van der Waals surface area contributed by atoms with Crippen molar-refractivity contribution < 1.29 is 5.11 Å². The molecule has 0 spiro atoms. The molecule has 1 fully saturated rings. The maximum atomic E-state index is 8.96. The summed E-state index contributed by atoms with van der Waals surface area (Å²) in [6, 6.07) is 0.553. The predicted molar refractivity (Wildman–Crippen MR) is 59.4 cm³/mol. The average molecular weight is 200 g/mol. The Morgan fingerprint density at radius 1 is 1.36 bits per heavy atom. The van der Waals surface area contributed by atoms with Crippen molar-refractivity contribution in [2.24, 2.45) is 5.92 Å². The highest BCUT2D eigenvalue weighted by atomic mass is 16.3. The fourth-order valence-corrected chi connectivity index (χ4v) is 2.08. The Hall–Kier alpha value is -0.120. The molecule has 0 radical (unpaired) electrons. The van der Waals surface area contributed by atoms with Gasteiger partial charge in [0.25, 0.3) is 0 Å². The van der Waals surface area contributed by atoms with Crippen molar-refractivity contribution in [2.75, 3.05) is 32.8 Å². The fourth-order valence-electron chi connectivity index (χ4n) is 2.08. The van der Waals surface area contributed by atoms with Crippen molar-refractivity contribution >= 4 is 0 Å². The van der Waals surface area contributed by atoms with E-state index < -0.39 is 0 Å². The summed E-state index contributed by atoms with van der Waals surface area (Å²) in [6.45, 7) is 8.99. The number of hydrogen-bond acceptors (Lipinski definition) is 3. The first kappa shape index (κ1) is 12.0. The van der Waals surface area contributed by atoms with E-state index in [1.54, 1.807) is 0 Å². The molecule has 1 aliphatic heterocycles. The molecule has 1 rings (SSSR count). The number of hydrogen-bond donors (Lipinski definition) is 2. The second-order valence-electron chi connectivity index (χ2n) is 4.51. The van der Waals surface area contributed by atoms with Gasteiger partial charge in [0, 0.05) is 19.1 Å². The van der Waals surface area contributed by atoms with Gasteiger partial charge in [0.1, 0.15) is 0 Å². The quantitative estimate of drug-likeness (QED) is 0.685. The number of piperidine rings is 1. The Morgan fingerprint density at radius 3 is 2.50 bits per heavy atom. The monoisotopic (exact) mass is 200 g/mol. The van der Waals surface area contributed by atoms with Crippen LogP contribution in [-0.4, -0.2) is 48.8 Å². The van der Waals surface area contributed by atoms with E-state index in [2.05, 4.69) is 24.1 Å². The molecule has 2 N–H and O–H groups in total. The van der Waals surface area contributed by atoms with Crippen LogP contribution in [0.5, 0.6) is 0 Å². The van der Waals surface area contributed by atoms with E-state index in [9.17, 15) is 0 Å². The lowest BCUT2D eigenvalue weighted by atomic mass is 9.97. The van der Waals surface area contributed by atoms with Crippen LogP contribution in [0.1, 0.15) is 26.7 Å². The molecule has 0 saturated carbocycles. The van der Waals surface area contributed by atoms with Crippen LogP contribution in [0.3, 0.4) is 0 Å². The Balaban J connectivity index is 2.29. The highest BCUT2D eigenvalue weighted by Gasteiger charge is 2.18. The average Bonchev–Trinajstić information content (AvgIpc) is 2.18. The van der Waals surface area contributed by atoms with Gasteiger partial charge in [-0.2, -0.15) is 0 Å². The van der Waals surface area contributed by atoms with Crippen LogP contribution >= 0.6 is 0 Å². The molecule has 1 heterocycles. The summed E-state index contributed by atoms with van der Waals surface area (Å²) in [5, 5.41) is 12.3. The first-order valence-electron chi connectivity index (χ1n) is 5.79. The lowest BCUT2D eigenvalue weighted by molar-refractivity contribution is 0.135. The van der Waals surface area contributed by atoms with Gasteiger partial charge in [-0.25, -0.2) is 0 Å². The number of aliphatic hydroxyl groups is 1. The predicted octanol–water partition coefficient (Wildman–Crippen LogP) is 0.689. The molecule has 0 aliphatic carbocycles. The number of rotatable bonds is 5. The van der Waals surface area contributed by atoms with E-state index in [1.807, 2.05) is 0 Å². The van der Waals surface area contributed by atoms with E-state index in [-0.39, 0.29) is 6.61 Å². The second kappa shape index (κ2) is 6.38. The molecule has 1 saturated heterocycles. The summed E-state index contributed by atoms with van der Waals surface area (Å²) in [5.74, 6) is 0.824. The van der Waals surface area contributed by atoms with Crippen LogP contribution in [-0.2, 0) is 0 Å². The Bertz CT molecular complexity index is 144. The topological polar surface area (TPSA) is 35.5 Å². The molecule has 0 amide bonds. The third-order valence-electron chi connectivity index (χ3n) is 3.07. The van der Waals surface area contributed by atoms with Gasteiger partial charge in [0.05, 0.1) is 6.61 Å². The molecule has 0 aromatic carbocycles. The van der Waals surface area contributed by atoms with Gasteiger partial charge in [-0.15, -0.1) is 0 Å². The van der Waals surface area contributed by atoms with E-state index in [1.165, 1.54) is 12.8 Å². The van der Waals surface area contributed by atoms with Crippen molar-refractivity contribution in [1.29, 1.82) is 0 Å². The van der Waals surface area contributed by atoms with Crippen LogP contribution in [0.2, 0.25) is 0 Å². The van der Waals surface area contributed by atoms with E-state index in [0.717, 1.165) is 32.1 Å². The van der Waals surface area contributed by atoms with E-state index in [4.69, 9.17) is 5.11 Å². The molecule has 0 aromatic rings. The van der Waals surface area contributed by atoms with Crippen molar-refractivity contribution in [2.45, 2.75) is 32.7 Å². The summed E-state index contributed by atoms with van der Waals surface area (Å²) < 4.78 is 0. The number of aliphatic hydroxyl groups excluding tert-OH is 1. The zero-order chi connectivity index (χ0) is 10.4. The molecule has 3 heteroatoms. The van der Waals surface area contributed by atoms with Gasteiger partial charge >= 0.3 is 0 Å². The van der Waals surface area contributed by atoms with Crippen LogP contribution in [0.25, 0.3) is 0 Å². The van der Waals surface area contributed by atoms with Gasteiger partial charge < -0.3 is 10.4 Å². The van der Waals surface area contributed by atoms with Gasteiger partial charge in [-0.3, -0.25) is 4.90 Å². The van der Waals surface area contributed by atoms with Gasteiger partial charge in [0.2, 0.25) is 0 Å². The standard InChI is InChI=1S/C11H24N2O/c1-10(2)13(7-8-14)9-11-3-5-12-6-4-11/h10-12,14H,3-9H2,1-2H3.